The summed E-state index contributed by atoms with van der Waals surface area (Å²) in [6.45, 7) is 2.85. The van der Waals surface area contributed by atoms with Crippen LogP contribution in [0.15, 0.2) is 77.0 Å². The van der Waals surface area contributed by atoms with Crippen LogP contribution >= 0.6 is 0 Å². The number of benzene rings is 3. The predicted molar refractivity (Wildman–Crippen MR) is 126 cm³/mol. The summed E-state index contributed by atoms with van der Waals surface area (Å²) in [5.74, 6) is 1.63. The molecule has 0 radical (unpaired) electrons. The zero-order valence-electron chi connectivity index (χ0n) is 18.1. The minimum atomic E-state index is -0.356. The van der Waals surface area contributed by atoms with Crippen LogP contribution in [-0.2, 0) is 4.79 Å². The average Bonchev–Trinajstić information content (AvgIpc) is 3.45. The van der Waals surface area contributed by atoms with Gasteiger partial charge < -0.3 is 24.8 Å². The summed E-state index contributed by atoms with van der Waals surface area (Å²) in [5, 5.41) is 16.0. The first-order valence-electron chi connectivity index (χ1n) is 11.0. The van der Waals surface area contributed by atoms with Crippen LogP contribution in [0.25, 0.3) is 10.8 Å². The second-order valence-electron chi connectivity index (χ2n) is 8.56. The molecular weight excluding hydrogens is 418 g/mol. The van der Waals surface area contributed by atoms with Gasteiger partial charge in [-0.1, -0.05) is 42.5 Å². The minimum Gasteiger partial charge on any atom is -0.511 e. The highest BCUT2D eigenvalue weighted by atomic mass is 16.7. The van der Waals surface area contributed by atoms with Crippen molar-refractivity contribution in [1.82, 2.24) is 4.90 Å². The Labute approximate surface area is 191 Å². The molecule has 0 saturated heterocycles. The smallest absolute Gasteiger partial charge is 0.262 e. The largest absolute Gasteiger partial charge is 0.511 e. The summed E-state index contributed by atoms with van der Waals surface area (Å²) >= 11 is 0. The number of aliphatic hydroxyl groups is 1. The summed E-state index contributed by atoms with van der Waals surface area (Å²) in [6, 6.07) is 19.4. The quantitative estimate of drug-likeness (QED) is 0.622. The number of amides is 1. The molecule has 0 unspecified atom stereocenters. The lowest BCUT2D eigenvalue weighted by Gasteiger charge is -2.38. The van der Waals surface area contributed by atoms with Gasteiger partial charge in [-0.3, -0.25) is 9.79 Å². The highest BCUT2D eigenvalue weighted by molar-refractivity contribution is 6.26. The number of amidine groups is 1. The number of aliphatic hydroxyl groups excluding tert-OH is 1. The first-order valence-corrected chi connectivity index (χ1v) is 11.0. The van der Waals surface area contributed by atoms with E-state index in [1.807, 2.05) is 60.7 Å². The molecule has 3 aliphatic rings. The van der Waals surface area contributed by atoms with Gasteiger partial charge in [0, 0.05) is 23.5 Å². The van der Waals surface area contributed by atoms with Crippen LogP contribution in [0, 0.1) is 0 Å². The van der Waals surface area contributed by atoms with Gasteiger partial charge >= 0.3 is 0 Å². The van der Waals surface area contributed by atoms with Crippen molar-refractivity contribution in [2.45, 2.75) is 25.4 Å². The number of carbonyl (C=O) groups excluding carboxylic acids is 1. The van der Waals surface area contributed by atoms with Gasteiger partial charge in [0.2, 0.25) is 6.79 Å². The molecule has 3 aromatic rings. The lowest BCUT2D eigenvalue weighted by atomic mass is 9.92. The molecule has 166 valence electrons. The summed E-state index contributed by atoms with van der Waals surface area (Å²) in [5.41, 5.74) is 1.93. The van der Waals surface area contributed by atoms with E-state index in [2.05, 4.69) is 22.1 Å². The molecule has 3 aliphatic heterocycles. The molecule has 3 aromatic carbocycles. The normalized spacial score (nSPS) is 21.2. The van der Waals surface area contributed by atoms with Crippen LogP contribution < -0.4 is 14.8 Å². The second-order valence-corrected chi connectivity index (χ2v) is 8.56. The summed E-state index contributed by atoms with van der Waals surface area (Å²) in [7, 11) is 0. The molecule has 0 aliphatic carbocycles. The topological polar surface area (TPSA) is 83.4 Å². The van der Waals surface area contributed by atoms with Crippen LogP contribution in [-0.4, -0.2) is 41.1 Å². The molecule has 7 heteroatoms. The van der Waals surface area contributed by atoms with Crippen molar-refractivity contribution in [3.63, 3.8) is 0 Å². The molecule has 2 atom stereocenters. The van der Waals surface area contributed by atoms with Crippen molar-refractivity contribution in [1.29, 1.82) is 0 Å². The predicted octanol–water partition coefficient (Wildman–Crippen LogP) is 4.57. The van der Waals surface area contributed by atoms with E-state index in [-0.39, 0.29) is 36.1 Å². The van der Waals surface area contributed by atoms with Crippen LogP contribution in [0.4, 0.5) is 5.69 Å². The van der Waals surface area contributed by atoms with Crippen molar-refractivity contribution >= 4 is 28.2 Å². The fourth-order valence-corrected chi connectivity index (χ4v) is 4.92. The third-order valence-corrected chi connectivity index (χ3v) is 6.51. The number of fused-ring (bicyclic) bond motifs is 3. The Morgan fingerprint density at radius 2 is 1.91 bits per heavy atom. The van der Waals surface area contributed by atoms with E-state index in [9.17, 15) is 9.90 Å². The molecule has 0 fully saturated rings. The summed E-state index contributed by atoms with van der Waals surface area (Å²) in [6.07, 6.45) is 0.307. The standard InChI is InChI=1S/C26H23N3O4/c1-15-13-27-25-24(26(31)28-19-8-4-6-16-5-2-3-7-18(16)19)21(30)12-20(29(15)25)17-9-10-22-23(11-17)33-14-32-22/h2-11,15,20,30H,12-14H2,1H3,(H,28,31)/t15-,20+/m0/s1. The number of carbonyl (C=O) groups is 1. The number of anilines is 1. The highest BCUT2D eigenvalue weighted by Gasteiger charge is 2.42. The minimum absolute atomic E-state index is 0.0412. The zero-order chi connectivity index (χ0) is 22.5. The Bertz CT molecular complexity index is 1340. The molecule has 0 bridgehead atoms. The average molecular weight is 441 g/mol. The summed E-state index contributed by atoms with van der Waals surface area (Å²) in [4.78, 5) is 20.2. The maximum atomic E-state index is 13.4. The highest BCUT2D eigenvalue weighted by Crippen LogP contribution is 2.42. The fourth-order valence-electron chi connectivity index (χ4n) is 4.92. The molecule has 3 heterocycles. The number of ether oxygens (including phenoxy) is 2. The van der Waals surface area contributed by atoms with Gasteiger partial charge in [0.1, 0.15) is 17.2 Å². The van der Waals surface area contributed by atoms with E-state index in [4.69, 9.17) is 9.47 Å². The van der Waals surface area contributed by atoms with E-state index in [0.717, 1.165) is 16.3 Å². The molecular formula is C26H23N3O4. The lowest BCUT2D eigenvalue weighted by molar-refractivity contribution is -0.112. The van der Waals surface area contributed by atoms with Crippen molar-refractivity contribution in [2.75, 3.05) is 18.7 Å². The van der Waals surface area contributed by atoms with Crippen LogP contribution in [0.1, 0.15) is 24.9 Å². The third-order valence-electron chi connectivity index (χ3n) is 6.51. The third kappa shape index (κ3) is 3.19. The SMILES string of the molecule is C[C@H]1CN=C2C(C(=O)Nc3cccc4ccccc34)=C(O)C[C@H](c3ccc4c(c3)OCO4)N21. The Hall–Kier alpha value is -4.00. The Kier molecular flexibility index (Phi) is 4.50. The number of nitrogens with zero attached hydrogens (tertiary/aromatic N) is 2. The van der Waals surface area contributed by atoms with Crippen molar-refractivity contribution < 1.29 is 19.4 Å². The van der Waals surface area contributed by atoms with Crippen molar-refractivity contribution in [2.24, 2.45) is 4.99 Å². The first-order chi connectivity index (χ1) is 16.1. The maximum absolute atomic E-state index is 13.4. The molecule has 0 aromatic heterocycles. The van der Waals surface area contributed by atoms with E-state index in [1.54, 1.807) is 0 Å². The van der Waals surface area contributed by atoms with E-state index in [1.165, 1.54) is 0 Å². The Morgan fingerprint density at radius 3 is 2.82 bits per heavy atom. The monoisotopic (exact) mass is 441 g/mol. The van der Waals surface area contributed by atoms with Gasteiger partial charge in [0.25, 0.3) is 5.91 Å². The van der Waals surface area contributed by atoms with Crippen molar-refractivity contribution in [3.8, 4) is 11.5 Å². The first kappa shape index (κ1) is 19.7. The van der Waals surface area contributed by atoms with Crippen LogP contribution in [0.5, 0.6) is 11.5 Å². The fraction of sp³-hybridized carbons (Fsp3) is 0.231. The van der Waals surface area contributed by atoms with Gasteiger partial charge in [-0.2, -0.15) is 0 Å². The van der Waals surface area contributed by atoms with E-state index >= 15 is 0 Å². The summed E-state index contributed by atoms with van der Waals surface area (Å²) < 4.78 is 11.0. The number of hydrogen-bond donors (Lipinski definition) is 2. The van der Waals surface area contributed by atoms with Crippen LogP contribution in [0.2, 0.25) is 0 Å². The molecule has 2 N–H and O–H groups in total. The molecule has 7 nitrogen and oxygen atoms in total. The molecule has 33 heavy (non-hydrogen) atoms. The molecule has 6 rings (SSSR count). The zero-order valence-corrected chi connectivity index (χ0v) is 18.1. The van der Waals surface area contributed by atoms with Gasteiger partial charge in [0.15, 0.2) is 11.5 Å². The van der Waals surface area contributed by atoms with Gasteiger partial charge in [-0.15, -0.1) is 0 Å². The van der Waals surface area contributed by atoms with Gasteiger partial charge in [-0.25, -0.2) is 0 Å². The van der Waals surface area contributed by atoms with E-state index in [0.29, 0.717) is 36.0 Å². The molecule has 0 spiro atoms. The van der Waals surface area contributed by atoms with Gasteiger partial charge in [-0.05, 0) is 36.1 Å². The van der Waals surface area contributed by atoms with Crippen molar-refractivity contribution in [3.05, 3.63) is 77.6 Å². The molecule has 1 amide bonds. The molecule has 0 saturated carbocycles. The Balaban J connectivity index is 1.35. The number of hydrogen-bond acceptors (Lipinski definition) is 6. The number of aliphatic imine (C=N–C) groups is 1. The maximum Gasteiger partial charge on any atom is 0.262 e. The Morgan fingerprint density at radius 1 is 1.09 bits per heavy atom. The number of rotatable bonds is 3. The van der Waals surface area contributed by atoms with Gasteiger partial charge in [0.05, 0.1) is 12.6 Å². The van der Waals surface area contributed by atoms with E-state index < -0.39 is 0 Å². The number of nitrogens with one attached hydrogen (secondary N) is 1. The second kappa shape index (κ2) is 7.55. The lowest BCUT2D eigenvalue weighted by Crippen LogP contribution is -2.44. The van der Waals surface area contributed by atoms with Crippen LogP contribution in [0.3, 0.4) is 0 Å².